The molecule has 0 aromatic heterocycles. The number of hydrogen-bond donors (Lipinski definition) is 0. The zero-order chi connectivity index (χ0) is 18.0. The minimum absolute atomic E-state index is 0.102. The fraction of sp³-hybridized carbons (Fsp3) is 0.600. The van der Waals surface area contributed by atoms with Gasteiger partial charge in [0.1, 0.15) is 11.8 Å². The second kappa shape index (κ2) is 6.74. The molecule has 0 radical (unpaired) electrons. The number of Topliss-reactive ketones (excluding diaryl/α,β-unsaturated/α-hetero) is 1. The van der Waals surface area contributed by atoms with Crippen LogP contribution in [0.2, 0.25) is 0 Å². The minimum Gasteiger partial charge on any atom is -0.363 e. The first-order valence-electron chi connectivity index (χ1n) is 8.35. The summed E-state index contributed by atoms with van der Waals surface area (Å²) in [4.78, 5) is 15.0. The molecule has 0 aromatic rings. The molecule has 0 fully saturated rings. The van der Waals surface area contributed by atoms with Gasteiger partial charge in [0.2, 0.25) is 0 Å². The molecule has 0 heterocycles. The van der Waals surface area contributed by atoms with Gasteiger partial charge in [-0.2, -0.15) is 5.26 Å². The largest absolute Gasteiger partial charge is 0.363 e. The lowest BCUT2D eigenvalue weighted by Crippen LogP contribution is -2.29. The Kier molecular flexibility index (Phi) is 5.64. The van der Waals surface area contributed by atoms with E-state index in [2.05, 4.69) is 6.07 Å². The molecule has 0 unspecified atom stereocenters. The van der Waals surface area contributed by atoms with Gasteiger partial charge in [-0.15, -0.1) is 0 Å². The number of allylic oxidation sites excluding steroid dienone is 6. The maximum atomic E-state index is 12.9. The lowest BCUT2D eigenvalue weighted by Gasteiger charge is -2.32. The van der Waals surface area contributed by atoms with Crippen LogP contribution in [-0.2, 0) is 4.79 Å². The molecule has 0 aliphatic heterocycles. The van der Waals surface area contributed by atoms with Gasteiger partial charge in [0.25, 0.3) is 0 Å². The predicted molar refractivity (Wildman–Crippen MR) is 95.6 cm³/mol. The fourth-order valence-electron chi connectivity index (χ4n) is 2.74. The lowest BCUT2D eigenvalue weighted by atomic mass is 9.71. The van der Waals surface area contributed by atoms with Crippen molar-refractivity contribution in [1.82, 2.24) is 4.90 Å². The Morgan fingerprint density at radius 2 is 1.39 bits per heavy atom. The molecule has 126 valence electrons. The SMILES string of the molecule is CCN(CC)C(C#N)=C1C=C(C(C)(C)C)C(=O)C(C(C)(C)C)=C1. The summed E-state index contributed by atoms with van der Waals surface area (Å²) in [5.74, 6) is 0.102. The molecule has 0 N–H and O–H groups in total. The van der Waals surface area contributed by atoms with E-state index in [1.807, 2.05) is 72.4 Å². The van der Waals surface area contributed by atoms with E-state index in [0.717, 1.165) is 29.8 Å². The quantitative estimate of drug-likeness (QED) is 0.713. The summed E-state index contributed by atoms with van der Waals surface area (Å²) in [6.45, 7) is 17.9. The van der Waals surface area contributed by atoms with Gasteiger partial charge < -0.3 is 4.90 Å². The van der Waals surface area contributed by atoms with E-state index in [1.165, 1.54) is 0 Å². The van der Waals surface area contributed by atoms with Crippen molar-refractivity contribution in [2.75, 3.05) is 13.1 Å². The molecular weight excluding hydrogens is 284 g/mol. The first-order valence-corrected chi connectivity index (χ1v) is 8.35. The van der Waals surface area contributed by atoms with Crippen LogP contribution in [0.25, 0.3) is 0 Å². The van der Waals surface area contributed by atoms with Crippen molar-refractivity contribution in [2.45, 2.75) is 55.4 Å². The number of nitrogens with zero attached hydrogens (tertiary/aromatic N) is 2. The summed E-state index contributed by atoms with van der Waals surface area (Å²) >= 11 is 0. The van der Waals surface area contributed by atoms with E-state index in [9.17, 15) is 10.1 Å². The van der Waals surface area contributed by atoms with E-state index in [0.29, 0.717) is 5.70 Å². The molecule has 1 rings (SSSR count). The molecule has 0 saturated heterocycles. The third-order valence-electron chi connectivity index (χ3n) is 4.16. The summed E-state index contributed by atoms with van der Waals surface area (Å²) in [7, 11) is 0. The maximum absolute atomic E-state index is 12.9. The monoisotopic (exact) mass is 314 g/mol. The number of carbonyl (C=O) groups is 1. The average Bonchev–Trinajstić information content (AvgIpc) is 2.42. The first-order chi connectivity index (χ1) is 10.5. The molecule has 0 atom stereocenters. The summed E-state index contributed by atoms with van der Waals surface area (Å²) in [6.07, 6.45) is 3.82. The Balaban J connectivity index is 3.68. The van der Waals surface area contributed by atoms with E-state index < -0.39 is 0 Å². The molecule has 0 spiro atoms. The van der Waals surface area contributed by atoms with Crippen molar-refractivity contribution in [3.8, 4) is 6.07 Å². The van der Waals surface area contributed by atoms with Gasteiger partial charge in [-0.3, -0.25) is 4.79 Å². The molecule has 3 nitrogen and oxygen atoms in total. The van der Waals surface area contributed by atoms with Crippen LogP contribution in [0, 0.1) is 22.2 Å². The Labute approximate surface area is 141 Å². The lowest BCUT2D eigenvalue weighted by molar-refractivity contribution is -0.114. The van der Waals surface area contributed by atoms with E-state index in [1.54, 1.807) is 0 Å². The highest BCUT2D eigenvalue weighted by atomic mass is 16.1. The Bertz CT molecular complexity index is 573. The maximum Gasteiger partial charge on any atom is 0.186 e. The van der Waals surface area contributed by atoms with Crippen LogP contribution in [-0.4, -0.2) is 23.8 Å². The summed E-state index contributed by atoms with van der Waals surface area (Å²) in [5.41, 5.74) is 2.55. The number of ketones is 1. The second-order valence-corrected chi connectivity index (χ2v) is 8.03. The van der Waals surface area contributed by atoms with Gasteiger partial charge >= 0.3 is 0 Å². The van der Waals surface area contributed by atoms with Gasteiger partial charge in [-0.05, 0) is 36.8 Å². The summed E-state index contributed by atoms with van der Waals surface area (Å²) < 4.78 is 0. The second-order valence-electron chi connectivity index (χ2n) is 8.03. The molecular formula is C20H30N2O. The van der Waals surface area contributed by atoms with E-state index >= 15 is 0 Å². The van der Waals surface area contributed by atoms with Crippen molar-refractivity contribution in [2.24, 2.45) is 10.8 Å². The van der Waals surface area contributed by atoms with Gasteiger partial charge in [0.15, 0.2) is 5.78 Å². The van der Waals surface area contributed by atoms with Crippen molar-refractivity contribution in [3.05, 3.63) is 34.6 Å². The van der Waals surface area contributed by atoms with Crippen LogP contribution in [0.4, 0.5) is 0 Å². The van der Waals surface area contributed by atoms with Crippen LogP contribution in [0.1, 0.15) is 55.4 Å². The van der Waals surface area contributed by atoms with Crippen LogP contribution in [0.5, 0.6) is 0 Å². The zero-order valence-electron chi connectivity index (χ0n) is 15.9. The molecule has 1 aliphatic rings. The third kappa shape index (κ3) is 4.13. The zero-order valence-corrected chi connectivity index (χ0v) is 15.9. The first kappa shape index (κ1) is 19.2. The van der Waals surface area contributed by atoms with Crippen LogP contribution in [0.3, 0.4) is 0 Å². The van der Waals surface area contributed by atoms with Crippen molar-refractivity contribution in [1.29, 1.82) is 5.26 Å². The smallest absolute Gasteiger partial charge is 0.186 e. The highest BCUT2D eigenvalue weighted by Gasteiger charge is 2.34. The molecule has 0 amide bonds. The highest BCUT2D eigenvalue weighted by molar-refractivity contribution is 6.11. The minimum atomic E-state index is -0.253. The predicted octanol–water partition coefficient (Wildman–Crippen LogP) is 4.63. The van der Waals surface area contributed by atoms with E-state index in [4.69, 9.17) is 0 Å². The normalized spacial score (nSPS) is 15.8. The van der Waals surface area contributed by atoms with Gasteiger partial charge in [-0.1, -0.05) is 41.5 Å². The Morgan fingerprint density at radius 3 is 1.65 bits per heavy atom. The number of carbonyl (C=O) groups excluding carboxylic acids is 1. The topological polar surface area (TPSA) is 44.1 Å². The van der Waals surface area contributed by atoms with Gasteiger partial charge in [0.05, 0.1) is 0 Å². The molecule has 3 heteroatoms. The average molecular weight is 314 g/mol. The van der Waals surface area contributed by atoms with Crippen molar-refractivity contribution >= 4 is 5.78 Å². The third-order valence-corrected chi connectivity index (χ3v) is 4.16. The van der Waals surface area contributed by atoms with E-state index in [-0.39, 0.29) is 16.6 Å². The highest BCUT2D eigenvalue weighted by Crippen LogP contribution is 2.39. The molecule has 0 aromatic carbocycles. The summed E-state index contributed by atoms with van der Waals surface area (Å²) in [6, 6.07) is 2.34. The molecule has 1 aliphatic carbocycles. The number of nitriles is 1. The van der Waals surface area contributed by atoms with Crippen molar-refractivity contribution in [3.63, 3.8) is 0 Å². The van der Waals surface area contributed by atoms with Gasteiger partial charge in [-0.25, -0.2) is 0 Å². The van der Waals surface area contributed by atoms with Gasteiger partial charge in [0, 0.05) is 29.8 Å². The fourth-order valence-corrected chi connectivity index (χ4v) is 2.74. The Hall–Kier alpha value is -1.82. The number of hydrogen-bond acceptors (Lipinski definition) is 3. The number of rotatable bonds is 3. The molecule has 0 saturated carbocycles. The Morgan fingerprint density at radius 1 is 1.00 bits per heavy atom. The summed E-state index contributed by atoms with van der Waals surface area (Å²) in [5, 5.41) is 9.66. The van der Waals surface area contributed by atoms with Crippen molar-refractivity contribution < 1.29 is 4.79 Å². The molecule has 0 bridgehead atoms. The van der Waals surface area contributed by atoms with Crippen LogP contribution in [0.15, 0.2) is 34.6 Å². The standard InChI is InChI=1S/C20H30N2O/c1-9-22(10-2)17(13-21)14-11-15(19(3,4)5)18(23)16(12-14)20(6,7)8/h11-12H,9-10H2,1-8H3. The van der Waals surface area contributed by atoms with Crippen LogP contribution < -0.4 is 0 Å². The molecule has 23 heavy (non-hydrogen) atoms. The van der Waals surface area contributed by atoms with Crippen LogP contribution >= 0.6 is 0 Å².